The van der Waals surface area contributed by atoms with Crippen molar-refractivity contribution >= 4 is 40.6 Å². The van der Waals surface area contributed by atoms with Crippen molar-refractivity contribution < 1.29 is 37.4 Å². The number of nitrogens with one attached hydrogen (secondary N) is 1. The standard InChI is InChI=1S/C23H22F3N5O5S/c1-36-10-9-29-21(34)18(12-5-7-15(32)8-6-12)31(14-4-2-3-13(11-14)23(24,25)26)22(35)19-16(27)17(20(28)33)30-37-19/h2-8,11,18,32H,9-10,27H2,1H3,(H2,28,33)(H,29,34). The van der Waals surface area contributed by atoms with Crippen LogP contribution in [-0.2, 0) is 15.7 Å². The minimum Gasteiger partial charge on any atom is -0.508 e. The van der Waals surface area contributed by atoms with Gasteiger partial charge in [0.1, 0.15) is 16.7 Å². The molecule has 3 rings (SSSR count). The van der Waals surface area contributed by atoms with Crippen molar-refractivity contribution in [3.8, 4) is 5.75 Å². The monoisotopic (exact) mass is 537 g/mol. The molecule has 37 heavy (non-hydrogen) atoms. The molecule has 0 bridgehead atoms. The lowest BCUT2D eigenvalue weighted by Crippen LogP contribution is -2.44. The summed E-state index contributed by atoms with van der Waals surface area (Å²) in [5, 5.41) is 12.3. The number of benzene rings is 2. The van der Waals surface area contributed by atoms with Crippen molar-refractivity contribution in [1.29, 1.82) is 0 Å². The highest BCUT2D eigenvalue weighted by atomic mass is 32.1. The quantitative estimate of drug-likeness (QED) is 0.305. The van der Waals surface area contributed by atoms with Crippen LogP contribution in [0.1, 0.15) is 37.3 Å². The van der Waals surface area contributed by atoms with Gasteiger partial charge in [-0.05, 0) is 47.4 Å². The molecule has 3 amide bonds. The first-order valence-electron chi connectivity index (χ1n) is 10.6. The maximum atomic E-state index is 13.8. The van der Waals surface area contributed by atoms with Crippen LogP contribution >= 0.6 is 11.5 Å². The Morgan fingerprint density at radius 2 is 1.86 bits per heavy atom. The first-order valence-corrected chi connectivity index (χ1v) is 11.3. The van der Waals surface area contributed by atoms with Crippen molar-refractivity contribution in [3.63, 3.8) is 0 Å². The van der Waals surface area contributed by atoms with Gasteiger partial charge in [0.2, 0.25) is 5.91 Å². The van der Waals surface area contributed by atoms with Crippen LogP contribution in [0.5, 0.6) is 5.75 Å². The third kappa shape index (κ3) is 6.16. The van der Waals surface area contributed by atoms with Crippen LogP contribution in [0, 0.1) is 0 Å². The summed E-state index contributed by atoms with van der Waals surface area (Å²) >= 11 is 0.513. The Kier molecular flexibility index (Phi) is 8.35. The Hall–Kier alpha value is -4.17. The predicted octanol–water partition coefficient (Wildman–Crippen LogP) is 2.70. The lowest BCUT2D eigenvalue weighted by molar-refractivity contribution is -0.137. The summed E-state index contributed by atoms with van der Waals surface area (Å²) in [7, 11) is 1.41. The van der Waals surface area contributed by atoms with Gasteiger partial charge in [-0.2, -0.15) is 17.5 Å². The number of nitrogens with two attached hydrogens (primary N) is 2. The van der Waals surface area contributed by atoms with Gasteiger partial charge in [0.05, 0.1) is 17.9 Å². The molecule has 0 spiro atoms. The number of nitrogens with zero attached hydrogens (tertiary/aromatic N) is 2. The van der Waals surface area contributed by atoms with Crippen LogP contribution < -0.4 is 21.7 Å². The molecule has 0 saturated heterocycles. The summed E-state index contributed by atoms with van der Waals surface area (Å²) in [4.78, 5) is 39.3. The fraction of sp³-hybridized carbons (Fsp3) is 0.217. The van der Waals surface area contributed by atoms with Gasteiger partial charge in [0.25, 0.3) is 11.8 Å². The molecular weight excluding hydrogens is 515 g/mol. The largest absolute Gasteiger partial charge is 0.508 e. The van der Waals surface area contributed by atoms with Crippen LogP contribution in [-0.4, -0.2) is 47.5 Å². The molecule has 2 aromatic carbocycles. The number of rotatable bonds is 9. The van der Waals surface area contributed by atoms with Gasteiger partial charge < -0.3 is 26.6 Å². The van der Waals surface area contributed by atoms with Crippen LogP contribution in [0.3, 0.4) is 0 Å². The van der Waals surface area contributed by atoms with E-state index in [0.717, 1.165) is 17.0 Å². The minimum absolute atomic E-state index is 0.0308. The highest BCUT2D eigenvalue weighted by molar-refractivity contribution is 7.09. The number of nitrogen functional groups attached to an aromatic ring is 1. The van der Waals surface area contributed by atoms with E-state index in [2.05, 4.69) is 9.69 Å². The second kappa shape index (κ2) is 11.3. The number of aromatic nitrogens is 1. The zero-order valence-electron chi connectivity index (χ0n) is 19.3. The predicted molar refractivity (Wildman–Crippen MR) is 129 cm³/mol. The molecule has 3 aromatic rings. The molecule has 14 heteroatoms. The number of phenolic OH excluding ortho intramolecular Hbond substituents is 1. The number of alkyl halides is 3. The zero-order valence-corrected chi connectivity index (χ0v) is 20.1. The third-order valence-corrected chi connectivity index (χ3v) is 6.00. The fourth-order valence-corrected chi connectivity index (χ4v) is 4.14. The van der Waals surface area contributed by atoms with E-state index in [9.17, 15) is 32.7 Å². The second-order valence-corrected chi connectivity index (χ2v) is 8.41. The second-order valence-electron chi connectivity index (χ2n) is 7.64. The fourth-order valence-electron chi connectivity index (χ4n) is 3.40. The molecule has 0 aliphatic rings. The SMILES string of the molecule is COCCNC(=O)C(c1ccc(O)cc1)N(C(=O)c1snc(C(N)=O)c1N)c1cccc(C(F)(F)F)c1. The number of hydrogen-bond acceptors (Lipinski definition) is 8. The lowest BCUT2D eigenvalue weighted by Gasteiger charge is -2.31. The van der Waals surface area contributed by atoms with E-state index in [-0.39, 0.29) is 46.4 Å². The maximum Gasteiger partial charge on any atom is 0.416 e. The average Bonchev–Trinajstić information content (AvgIpc) is 3.24. The van der Waals surface area contributed by atoms with E-state index in [1.54, 1.807) is 0 Å². The van der Waals surface area contributed by atoms with E-state index in [4.69, 9.17) is 16.2 Å². The lowest BCUT2D eigenvalue weighted by atomic mass is 10.0. The summed E-state index contributed by atoms with van der Waals surface area (Å²) in [5.74, 6) is -2.91. The van der Waals surface area contributed by atoms with E-state index in [0.29, 0.717) is 17.6 Å². The number of primary amides is 1. The van der Waals surface area contributed by atoms with Crippen molar-refractivity contribution in [2.45, 2.75) is 12.2 Å². The van der Waals surface area contributed by atoms with Gasteiger partial charge in [-0.15, -0.1) is 0 Å². The Morgan fingerprint density at radius 1 is 1.19 bits per heavy atom. The van der Waals surface area contributed by atoms with Gasteiger partial charge in [0, 0.05) is 19.3 Å². The number of methoxy groups -OCH3 is 1. The molecule has 0 radical (unpaired) electrons. The van der Waals surface area contributed by atoms with Gasteiger partial charge >= 0.3 is 6.18 Å². The van der Waals surface area contributed by atoms with Crippen molar-refractivity contribution in [1.82, 2.24) is 9.69 Å². The smallest absolute Gasteiger partial charge is 0.416 e. The molecule has 1 aromatic heterocycles. The summed E-state index contributed by atoms with van der Waals surface area (Å²) in [6, 6.07) is 7.50. The Bertz CT molecular complexity index is 1300. The number of aromatic hydroxyl groups is 1. The van der Waals surface area contributed by atoms with Gasteiger partial charge in [-0.1, -0.05) is 18.2 Å². The van der Waals surface area contributed by atoms with Crippen molar-refractivity contribution in [3.05, 3.63) is 70.2 Å². The topological polar surface area (TPSA) is 161 Å². The molecule has 1 atom stereocenters. The Balaban J connectivity index is 2.24. The number of phenols is 1. The van der Waals surface area contributed by atoms with E-state index < -0.39 is 35.5 Å². The van der Waals surface area contributed by atoms with Crippen LogP contribution in [0.2, 0.25) is 0 Å². The Morgan fingerprint density at radius 3 is 2.43 bits per heavy atom. The summed E-state index contributed by atoms with van der Waals surface area (Å²) in [6.07, 6.45) is -4.75. The van der Waals surface area contributed by atoms with Crippen LogP contribution in [0.25, 0.3) is 0 Å². The van der Waals surface area contributed by atoms with E-state index in [1.165, 1.54) is 37.4 Å². The minimum atomic E-state index is -4.75. The third-order valence-electron chi connectivity index (χ3n) is 5.15. The number of hydrogen-bond donors (Lipinski definition) is 4. The maximum absolute atomic E-state index is 13.8. The molecule has 0 saturated carbocycles. The molecular formula is C23H22F3N5O5S. The number of carbonyl (C=O) groups is 3. The van der Waals surface area contributed by atoms with E-state index >= 15 is 0 Å². The molecule has 0 aliphatic heterocycles. The summed E-state index contributed by atoms with van der Waals surface area (Å²) < 4.78 is 49.3. The number of amides is 3. The van der Waals surface area contributed by atoms with Crippen LogP contribution in [0.15, 0.2) is 48.5 Å². The number of ether oxygens (including phenoxy) is 1. The Labute approximate surface area is 212 Å². The molecule has 196 valence electrons. The van der Waals surface area contributed by atoms with Gasteiger partial charge in [0.15, 0.2) is 5.69 Å². The normalized spacial score (nSPS) is 12.1. The molecule has 10 nitrogen and oxygen atoms in total. The number of anilines is 2. The van der Waals surface area contributed by atoms with Crippen molar-refractivity contribution in [2.24, 2.45) is 5.73 Å². The first-order chi connectivity index (χ1) is 17.5. The first kappa shape index (κ1) is 27.4. The molecule has 0 aliphatic carbocycles. The highest BCUT2D eigenvalue weighted by Gasteiger charge is 2.38. The number of halogens is 3. The molecule has 1 heterocycles. The number of carbonyl (C=O) groups excluding carboxylic acids is 3. The molecule has 6 N–H and O–H groups in total. The molecule has 0 fully saturated rings. The summed E-state index contributed by atoms with van der Waals surface area (Å²) in [6.45, 7) is 0.151. The molecule has 1 unspecified atom stereocenters. The van der Waals surface area contributed by atoms with Crippen molar-refractivity contribution in [2.75, 3.05) is 30.9 Å². The van der Waals surface area contributed by atoms with Gasteiger partial charge in [-0.25, -0.2) is 0 Å². The summed E-state index contributed by atoms with van der Waals surface area (Å²) in [5.41, 5.74) is 9.22. The van der Waals surface area contributed by atoms with Crippen LogP contribution in [0.4, 0.5) is 24.5 Å². The highest BCUT2D eigenvalue weighted by Crippen LogP contribution is 2.37. The average molecular weight is 538 g/mol. The van der Waals surface area contributed by atoms with Gasteiger partial charge in [-0.3, -0.25) is 19.3 Å². The zero-order chi connectivity index (χ0) is 27.3. The van der Waals surface area contributed by atoms with E-state index in [1.807, 2.05) is 0 Å².